The Balaban J connectivity index is 2.09. The lowest BCUT2D eigenvalue weighted by Crippen LogP contribution is -2.16. The number of carbonyl (C=O) groups is 1. The Labute approximate surface area is 129 Å². The normalized spacial score (nSPS) is 17.6. The van der Waals surface area contributed by atoms with Crippen LogP contribution in [-0.4, -0.2) is 18.0 Å². The van der Waals surface area contributed by atoms with E-state index in [1.165, 1.54) is 7.11 Å². The highest BCUT2D eigenvalue weighted by atomic mass is 16.5. The molecule has 0 unspecified atom stereocenters. The van der Waals surface area contributed by atoms with Crippen LogP contribution in [0.15, 0.2) is 48.0 Å². The molecule has 1 aliphatic carbocycles. The van der Waals surface area contributed by atoms with Crippen molar-refractivity contribution in [3.05, 3.63) is 64.7 Å². The molecule has 0 saturated heterocycles. The predicted molar refractivity (Wildman–Crippen MR) is 86.4 cm³/mol. The lowest BCUT2D eigenvalue weighted by atomic mass is 9.82. The number of ether oxygens (including phenoxy) is 1. The first-order chi connectivity index (χ1) is 10.4. The summed E-state index contributed by atoms with van der Waals surface area (Å²) in [5, 5.41) is 9.90. The van der Waals surface area contributed by atoms with Crippen LogP contribution in [0.3, 0.4) is 0 Å². The number of rotatable bonds is 2. The van der Waals surface area contributed by atoms with Gasteiger partial charge in [-0.3, -0.25) is 4.79 Å². The fourth-order valence-electron chi connectivity index (χ4n) is 3.01. The van der Waals surface area contributed by atoms with Crippen LogP contribution in [-0.2, 0) is 5.41 Å². The van der Waals surface area contributed by atoms with E-state index in [9.17, 15) is 9.90 Å². The molecule has 0 atom stereocenters. The molecular weight excluding hydrogens is 276 g/mol. The van der Waals surface area contributed by atoms with Gasteiger partial charge >= 0.3 is 0 Å². The molecule has 112 valence electrons. The van der Waals surface area contributed by atoms with Gasteiger partial charge in [-0.25, -0.2) is 0 Å². The highest BCUT2D eigenvalue weighted by molar-refractivity contribution is 6.17. The number of aromatic hydroxyl groups is 1. The number of ketones is 1. The van der Waals surface area contributed by atoms with Gasteiger partial charge in [0.15, 0.2) is 17.3 Å². The van der Waals surface area contributed by atoms with E-state index < -0.39 is 0 Å². The maximum atomic E-state index is 12.7. The number of fused-ring (bicyclic) bond motifs is 1. The zero-order valence-electron chi connectivity index (χ0n) is 12.9. The van der Waals surface area contributed by atoms with Crippen molar-refractivity contribution in [1.82, 2.24) is 0 Å². The summed E-state index contributed by atoms with van der Waals surface area (Å²) < 4.78 is 5.05. The second kappa shape index (κ2) is 5.02. The van der Waals surface area contributed by atoms with Gasteiger partial charge in [0, 0.05) is 16.6 Å². The zero-order chi connectivity index (χ0) is 15.9. The predicted octanol–water partition coefficient (Wildman–Crippen LogP) is 3.96. The lowest BCUT2D eigenvalue weighted by molar-refractivity contribution is 0.103. The van der Waals surface area contributed by atoms with Crippen molar-refractivity contribution >= 4 is 11.9 Å². The summed E-state index contributed by atoms with van der Waals surface area (Å²) in [6, 6.07) is 12.8. The molecule has 22 heavy (non-hydrogen) atoms. The number of Topliss-reactive ketones (excluding diaryl/α,β-unsaturated/α-hetero) is 1. The molecule has 0 fully saturated rings. The van der Waals surface area contributed by atoms with Crippen molar-refractivity contribution in [3.8, 4) is 11.5 Å². The van der Waals surface area contributed by atoms with Crippen LogP contribution < -0.4 is 4.74 Å². The summed E-state index contributed by atoms with van der Waals surface area (Å²) in [5.41, 5.74) is 2.98. The summed E-state index contributed by atoms with van der Waals surface area (Å²) in [4.78, 5) is 12.7. The number of methoxy groups -OCH3 is 1. The number of phenols is 1. The molecule has 3 rings (SSSR count). The van der Waals surface area contributed by atoms with E-state index in [2.05, 4.69) is 0 Å². The molecule has 0 bridgehead atoms. The molecule has 3 nitrogen and oxygen atoms in total. The molecule has 0 aliphatic heterocycles. The standard InChI is InChI=1S/C19H18O3/c1-19(2)14-7-5-4-6-13(14)18(21)15(19)10-12-8-9-17(22-3)16(20)11-12/h4-11,20H,1-3H3/b15-10-. The van der Waals surface area contributed by atoms with Gasteiger partial charge < -0.3 is 9.84 Å². The van der Waals surface area contributed by atoms with E-state index in [0.29, 0.717) is 5.75 Å². The van der Waals surface area contributed by atoms with Gasteiger partial charge in [-0.1, -0.05) is 44.2 Å². The van der Waals surface area contributed by atoms with E-state index in [-0.39, 0.29) is 16.9 Å². The molecule has 0 aromatic heterocycles. The number of hydrogen-bond acceptors (Lipinski definition) is 3. The summed E-state index contributed by atoms with van der Waals surface area (Å²) in [7, 11) is 1.51. The third-order valence-corrected chi connectivity index (χ3v) is 4.28. The first-order valence-corrected chi connectivity index (χ1v) is 7.18. The molecule has 0 heterocycles. The summed E-state index contributed by atoms with van der Waals surface area (Å²) in [6.45, 7) is 4.10. The number of allylic oxidation sites excluding steroid dienone is 1. The van der Waals surface area contributed by atoms with Crippen LogP contribution in [0.5, 0.6) is 11.5 Å². The van der Waals surface area contributed by atoms with Crippen LogP contribution in [0.1, 0.15) is 35.3 Å². The smallest absolute Gasteiger partial charge is 0.190 e. The molecule has 1 N–H and O–H groups in total. The highest BCUT2D eigenvalue weighted by Gasteiger charge is 2.40. The van der Waals surface area contributed by atoms with Gasteiger partial charge in [0.1, 0.15) is 0 Å². The summed E-state index contributed by atoms with van der Waals surface area (Å²) in [5.74, 6) is 0.538. The van der Waals surface area contributed by atoms with Gasteiger partial charge in [-0.15, -0.1) is 0 Å². The van der Waals surface area contributed by atoms with Gasteiger partial charge in [-0.05, 0) is 29.3 Å². The minimum Gasteiger partial charge on any atom is -0.504 e. The molecule has 1 aliphatic rings. The molecular formula is C19H18O3. The first-order valence-electron chi connectivity index (χ1n) is 7.18. The minimum absolute atomic E-state index is 0.0518. The highest BCUT2D eigenvalue weighted by Crippen LogP contribution is 2.43. The Morgan fingerprint density at radius 2 is 1.86 bits per heavy atom. The largest absolute Gasteiger partial charge is 0.504 e. The van der Waals surface area contributed by atoms with Crippen molar-refractivity contribution in [3.63, 3.8) is 0 Å². The Morgan fingerprint density at radius 3 is 2.50 bits per heavy atom. The maximum absolute atomic E-state index is 12.7. The average Bonchev–Trinajstić information content (AvgIpc) is 2.69. The Morgan fingerprint density at radius 1 is 1.14 bits per heavy atom. The molecule has 0 saturated carbocycles. The molecule has 0 radical (unpaired) electrons. The molecule has 3 heteroatoms. The van der Waals surface area contributed by atoms with Crippen LogP contribution in [0.25, 0.3) is 6.08 Å². The van der Waals surface area contributed by atoms with Crippen molar-refractivity contribution in [1.29, 1.82) is 0 Å². The molecule has 2 aromatic carbocycles. The van der Waals surface area contributed by atoms with Gasteiger partial charge in [0.05, 0.1) is 7.11 Å². The lowest BCUT2D eigenvalue weighted by Gasteiger charge is -2.20. The van der Waals surface area contributed by atoms with Crippen molar-refractivity contribution in [2.45, 2.75) is 19.3 Å². The fourth-order valence-corrected chi connectivity index (χ4v) is 3.01. The van der Waals surface area contributed by atoms with Gasteiger partial charge in [0.25, 0.3) is 0 Å². The zero-order valence-corrected chi connectivity index (χ0v) is 12.9. The van der Waals surface area contributed by atoms with Crippen LogP contribution >= 0.6 is 0 Å². The second-order valence-corrected chi connectivity index (χ2v) is 5.99. The van der Waals surface area contributed by atoms with Gasteiger partial charge in [0.2, 0.25) is 0 Å². The number of benzene rings is 2. The monoisotopic (exact) mass is 294 g/mol. The minimum atomic E-state index is -0.344. The molecule has 0 spiro atoms. The van der Waals surface area contributed by atoms with Crippen molar-refractivity contribution in [2.24, 2.45) is 0 Å². The van der Waals surface area contributed by atoms with Crippen LogP contribution in [0.2, 0.25) is 0 Å². The summed E-state index contributed by atoms with van der Waals surface area (Å²) >= 11 is 0. The second-order valence-electron chi connectivity index (χ2n) is 5.99. The van der Waals surface area contributed by atoms with E-state index in [4.69, 9.17) is 4.74 Å². The summed E-state index contributed by atoms with van der Waals surface area (Å²) in [6.07, 6.45) is 1.85. The number of phenolic OH excluding ortho intramolecular Hbond substituents is 1. The van der Waals surface area contributed by atoms with Gasteiger partial charge in [-0.2, -0.15) is 0 Å². The average molecular weight is 294 g/mol. The Bertz CT molecular complexity index is 785. The van der Waals surface area contributed by atoms with Crippen molar-refractivity contribution in [2.75, 3.05) is 7.11 Å². The van der Waals surface area contributed by atoms with E-state index >= 15 is 0 Å². The Hall–Kier alpha value is -2.55. The first kappa shape index (κ1) is 14.4. The van der Waals surface area contributed by atoms with Crippen LogP contribution in [0.4, 0.5) is 0 Å². The fraction of sp³-hybridized carbons (Fsp3) is 0.211. The van der Waals surface area contributed by atoms with E-state index in [1.807, 2.05) is 50.3 Å². The number of carbonyl (C=O) groups excluding carboxylic acids is 1. The van der Waals surface area contributed by atoms with E-state index in [1.54, 1.807) is 12.1 Å². The quantitative estimate of drug-likeness (QED) is 0.853. The molecule has 2 aromatic rings. The SMILES string of the molecule is COc1ccc(/C=C2/C(=O)c3ccccc3C2(C)C)cc1O. The maximum Gasteiger partial charge on any atom is 0.190 e. The van der Waals surface area contributed by atoms with Crippen molar-refractivity contribution < 1.29 is 14.6 Å². The molecule has 0 amide bonds. The third kappa shape index (κ3) is 2.10. The van der Waals surface area contributed by atoms with E-state index in [0.717, 1.165) is 22.3 Å². The van der Waals surface area contributed by atoms with Crippen LogP contribution in [0, 0.1) is 0 Å². The topological polar surface area (TPSA) is 46.5 Å². The third-order valence-electron chi connectivity index (χ3n) is 4.28. The Kier molecular flexibility index (Phi) is 3.28. The number of hydrogen-bond donors (Lipinski definition) is 1.